The van der Waals surface area contributed by atoms with Crippen LogP contribution in [0, 0.1) is 11.8 Å². The summed E-state index contributed by atoms with van der Waals surface area (Å²) in [6.45, 7) is 3.95. The third kappa shape index (κ3) is 3.94. The van der Waals surface area contributed by atoms with Crippen molar-refractivity contribution in [3.8, 4) is 0 Å². The molecule has 2 fully saturated rings. The van der Waals surface area contributed by atoms with E-state index in [0.29, 0.717) is 5.92 Å². The van der Waals surface area contributed by atoms with Gasteiger partial charge in [0, 0.05) is 6.04 Å². The van der Waals surface area contributed by atoms with Crippen molar-refractivity contribution in [1.82, 2.24) is 10.2 Å². The minimum atomic E-state index is -0.540. The normalized spacial score (nSPS) is 29.9. The summed E-state index contributed by atoms with van der Waals surface area (Å²) in [6.07, 6.45) is 8.33. The zero-order valence-corrected chi connectivity index (χ0v) is 17.8. The Labute approximate surface area is 174 Å². The van der Waals surface area contributed by atoms with Gasteiger partial charge in [0.1, 0.15) is 6.04 Å². The summed E-state index contributed by atoms with van der Waals surface area (Å²) in [5, 5.41) is 3.31. The van der Waals surface area contributed by atoms with Gasteiger partial charge in [0.05, 0.1) is 12.1 Å². The van der Waals surface area contributed by atoms with Gasteiger partial charge in [-0.05, 0) is 61.5 Å². The van der Waals surface area contributed by atoms with E-state index < -0.39 is 6.04 Å². The molecule has 2 aliphatic carbocycles. The highest BCUT2D eigenvalue weighted by Gasteiger charge is 2.48. The lowest BCUT2D eigenvalue weighted by Gasteiger charge is -2.36. The largest absolute Gasteiger partial charge is 0.347 e. The van der Waals surface area contributed by atoms with E-state index in [1.54, 1.807) is 0 Å². The van der Waals surface area contributed by atoms with Crippen molar-refractivity contribution in [2.24, 2.45) is 17.6 Å². The van der Waals surface area contributed by atoms with Gasteiger partial charge in [-0.3, -0.25) is 9.59 Å². The van der Waals surface area contributed by atoms with Crippen LogP contribution in [-0.2, 0) is 16.0 Å². The Balaban J connectivity index is 1.55. The molecule has 2 amide bonds. The summed E-state index contributed by atoms with van der Waals surface area (Å²) < 4.78 is 0. The minimum Gasteiger partial charge on any atom is -0.347 e. The van der Waals surface area contributed by atoms with E-state index >= 15 is 0 Å². The van der Waals surface area contributed by atoms with E-state index in [4.69, 9.17) is 5.73 Å². The van der Waals surface area contributed by atoms with E-state index in [1.165, 1.54) is 17.5 Å². The number of hydrogen-bond acceptors (Lipinski definition) is 3. The van der Waals surface area contributed by atoms with Gasteiger partial charge < -0.3 is 16.0 Å². The molecule has 1 saturated carbocycles. The van der Waals surface area contributed by atoms with Crippen molar-refractivity contribution in [3.05, 3.63) is 35.4 Å². The number of benzene rings is 1. The summed E-state index contributed by atoms with van der Waals surface area (Å²) in [5.74, 6) is 0.463. The number of amides is 2. The zero-order valence-electron chi connectivity index (χ0n) is 17.8. The van der Waals surface area contributed by atoms with Crippen LogP contribution in [-0.4, -0.2) is 34.8 Å². The Morgan fingerprint density at radius 1 is 1.10 bits per heavy atom. The van der Waals surface area contributed by atoms with Crippen LogP contribution < -0.4 is 11.1 Å². The number of hydrogen-bond donors (Lipinski definition) is 2. The second kappa shape index (κ2) is 8.47. The number of carbonyl (C=O) groups excluding carboxylic acids is 2. The number of fused-ring (bicyclic) bond motifs is 2. The molecular formula is C24H35N3O2. The molecule has 1 heterocycles. The maximum absolute atomic E-state index is 13.4. The van der Waals surface area contributed by atoms with Crippen LogP contribution in [0.2, 0.25) is 0 Å². The van der Waals surface area contributed by atoms with Crippen molar-refractivity contribution in [1.29, 1.82) is 0 Å². The maximum atomic E-state index is 13.4. The lowest BCUT2D eigenvalue weighted by Crippen LogP contribution is -2.56. The molecular weight excluding hydrogens is 362 g/mol. The first-order valence-electron chi connectivity index (χ1n) is 11.4. The third-order valence-electron chi connectivity index (χ3n) is 7.33. The van der Waals surface area contributed by atoms with Crippen molar-refractivity contribution in [2.75, 3.05) is 0 Å². The summed E-state index contributed by atoms with van der Waals surface area (Å²) in [5.41, 5.74) is 8.82. The van der Waals surface area contributed by atoms with E-state index in [2.05, 4.69) is 23.5 Å². The molecule has 1 aliphatic heterocycles. The first kappa shape index (κ1) is 20.4. The number of likely N-dealkylation sites (tertiary alicyclic amines) is 1. The van der Waals surface area contributed by atoms with Crippen LogP contribution in [0.5, 0.6) is 0 Å². The van der Waals surface area contributed by atoms with Crippen LogP contribution in [0.1, 0.15) is 76.0 Å². The standard InChI is InChI=1S/C24H35N3O2/c1-15(2)22(25)24(29)27-20-13-6-4-9-17(20)14-21(27)23(28)26-19-12-7-10-16-8-3-5-11-18(16)19/h3,5,8,11,15,17,19-22H,4,6-7,9-10,12-14,25H2,1-2H3,(H,26,28)/t17?,19?,20?,21-,22-/m0/s1. The summed E-state index contributed by atoms with van der Waals surface area (Å²) in [4.78, 5) is 28.6. The van der Waals surface area contributed by atoms with Gasteiger partial charge in [-0.1, -0.05) is 51.0 Å². The molecule has 158 valence electrons. The molecule has 5 nitrogen and oxygen atoms in total. The van der Waals surface area contributed by atoms with Gasteiger partial charge in [-0.15, -0.1) is 0 Å². The fourth-order valence-corrected chi connectivity index (χ4v) is 5.64. The summed E-state index contributed by atoms with van der Waals surface area (Å²) >= 11 is 0. The second-order valence-electron chi connectivity index (χ2n) is 9.53. The summed E-state index contributed by atoms with van der Waals surface area (Å²) in [7, 11) is 0. The Morgan fingerprint density at radius 2 is 1.86 bits per heavy atom. The predicted octanol–water partition coefficient (Wildman–Crippen LogP) is 3.32. The van der Waals surface area contributed by atoms with Crippen LogP contribution in [0.15, 0.2) is 24.3 Å². The summed E-state index contributed by atoms with van der Waals surface area (Å²) in [6, 6.07) is 7.71. The highest BCUT2D eigenvalue weighted by atomic mass is 16.2. The van der Waals surface area contributed by atoms with Gasteiger partial charge in [-0.25, -0.2) is 0 Å². The highest BCUT2D eigenvalue weighted by Crippen LogP contribution is 2.41. The van der Waals surface area contributed by atoms with E-state index in [9.17, 15) is 9.59 Å². The fourth-order valence-electron chi connectivity index (χ4n) is 5.64. The molecule has 5 heteroatoms. The van der Waals surface area contributed by atoms with E-state index in [-0.39, 0.29) is 35.9 Å². The van der Waals surface area contributed by atoms with E-state index in [0.717, 1.165) is 44.9 Å². The number of nitrogens with two attached hydrogens (primary N) is 1. The third-order valence-corrected chi connectivity index (χ3v) is 7.33. The molecule has 3 unspecified atom stereocenters. The number of carbonyl (C=O) groups is 2. The lowest BCUT2D eigenvalue weighted by atomic mass is 9.84. The number of rotatable bonds is 4. The Morgan fingerprint density at radius 3 is 2.66 bits per heavy atom. The molecule has 29 heavy (non-hydrogen) atoms. The number of aryl methyl sites for hydroxylation is 1. The maximum Gasteiger partial charge on any atom is 0.243 e. The fraction of sp³-hybridized carbons (Fsp3) is 0.667. The second-order valence-corrected chi connectivity index (χ2v) is 9.53. The SMILES string of the molecule is CC(C)[C@H](N)C(=O)N1C2CCCCC2C[C@H]1C(=O)NC1CCCc2ccccc21. The topological polar surface area (TPSA) is 75.4 Å². The van der Waals surface area contributed by atoms with Gasteiger partial charge >= 0.3 is 0 Å². The van der Waals surface area contributed by atoms with Crippen molar-refractivity contribution >= 4 is 11.8 Å². The minimum absolute atomic E-state index is 0.00501. The van der Waals surface area contributed by atoms with Gasteiger partial charge in [0.25, 0.3) is 0 Å². The van der Waals surface area contributed by atoms with Crippen molar-refractivity contribution in [3.63, 3.8) is 0 Å². The molecule has 1 aromatic carbocycles. The highest BCUT2D eigenvalue weighted by molar-refractivity contribution is 5.91. The molecule has 1 aromatic rings. The Hall–Kier alpha value is -1.88. The molecule has 0 spiro atoms. The van der Waals surface area contributed by atoms with Gasteiger partial charge in [0.15, 0.2) is 0 Å². The van der Waals surface area contributed by atoms with Gasteiger partial charge in [0.2, 0.25) is 11.8 Å². The Bertz CT molecular complexity index is 762. The predicted molar refractivity (Wildman–Crippen MR) is 114 cm³/mol. The zero-order chi connectivity index (χ0) is 20.5. The average molecular weight is 398 g/mol. The Kier molecular flexibility index (Phi) is 5.95. The average Bonchev–Trinajstić information content (AvgIpc) is 3.12. The van der Waals surface area contributed by atoms with Crippen LogP contribution in [0.4, 0.5) is 0 Å². The number of nitrogens with zero attached hydrogens (tertiary/aromatic N) is 1. The van der Waals surface area contributed by atoms with Crippen LogP contribution in [0.25, 0.3) is 0 Å². The molecule has 4 rings (SSSR count). The molecule has 1 saturated heterocycles. The molecule has 0 bridgehead atoms. The van der Waals surface area contributed by atoms with Gasteiger partial charge in [-0.2, -0.15) is 0 Å². The molecule has 0 radical (unpaired) electrons. The lowest BCUT2D eigenvalue weighted by molar-refractivity contribution is -0.143. The molecule has 3 N–H and O–H groups in total. The monoisotopic (exact) mass is 397 g/mol. The molecule has 0 aromatic heterocycles. The van der Waals surface area contributed by atoms with E-state index in [1.807, 2.05) is 24.8 Å². The van der Waals surface area contributed by atoms with Crippen molar-refractivity contribution in [2.45, 2.75) is 89.4 Å². The van der Waals surface area contributed by atoms with Crippen LogP contribution >= 0.6 is 0 Å². The first-order chi connectivity index (χ1) is 14.0. The molecule has 5 atom stereocenters. The first-order valence-corrected chi connectivity index (χ1v) is 11.4. The van der Waals surface area contributed by atoms with Crippen molar-refractivity contribution < 1.29 is 9.59 Å². The molecule has 3 aliphatic rings. The van der Waals surface area contributed by atoms with Crippen LogP contribution in [0.3, 0.4) is 0 Å². The number of nitrogens with one attached hydrogen (secondary N) is 1. The smallest absolute Gasteiger partial charge is 0.243 e. The quantitative estimate of drug-likeness (QED) is 0.818.